The Morgan fingerprint density at radius 2 is 2.05 bits per heavy atom. The summed E-state index contributed by atoms with van der Waals surface area (Å²) >= 11 is 0. The molecular weight excluding hydrogens is 256 g/mol. The van der Waals surface area contributed by atoms with Crippen molar-refractivity contribution in [3.8, 4) is 0 Å². The van der Waals surface area contributed by atoms with E-state index >= 15 is 0 Å². The average Bonchev–Trinajstić information content (AvgIpc) is 2.84. The van der Waals surface area contributed by atoms with E-state index < -0.39 is 0 Å². The van der Waals surface area contributed by atoms with E-state index in [1.807, 2.05) is 6.92 Å². The van der Waals surface area contributed by atoms with Crippen LogP contribution in [0.1, 0.15) is 45.5 Å². The van der Waals surface area contributed by atoms with Gasteiger partial charge in [0.2, 0.25) is 11.7 Å². The van der Waals surface area contributed by atoms with E-state index in [1.54, 1.807) is 0 Å². The molecule has 0 aliphatic carbocycles. The first kappa shape index (κ1) is 15.4. The highest BCUT2D eigenvalue weighted by atomic mass is 16.5. The number of aromatic nitrogens is 2. The molecule has 0 aromatic carbocycles. The van der Waals surface area contributed by atoms with Crippen LogP contribution in [-0.2, 0) is 11.3 Å². The van der Waals surface area contributed by atoms with Gasteiger partial charge in [-0.1, -0.05) is 25.9 Å². The molecule has 20 heavy (non-hydrogen) atoms. The summed E-state index contributed by atoms with van der Waals surface area (Å²) in [6.45, 7) is 13.8. The molecule has 2 rings (SSSR count). The van der Waals surface area contributed by atoms with Crippen LogP contribution in [0.2, 0.25) is 0 Å². The molecule has 6 nitrogen and oxygen atoms in total. The van der Waals surface area contributed by atoms with E-state index in [2.05, 4.69) is 41.1 Å². The van der Waals surface area contributed by atoms with E-state index in [0.717, 1.165) is 32.7 Å². The van der Waals surface area contributed by atoms with Gasteiger partial charge in [0.05, 0.1) is 6.54 Å². The molecule has 1 aromatic heterocycles. The molecule has 0 bridgehead atoms. The molecule has 0 spiro atoms. The highest BCUT2D eigenvalue weighted by molar-refractivity contribution is 4.96. The van der Waals surface area contributed by atoms with Crippen LogP contribution in [0.3, 0.4) is 0 Å². The third-order valence-corrected chi connectivity index (χ3v) is 3.41. The summed E-state index contributed by atoms with van der Waals surface area (Å²) in [5.41, 5.74) is -0.0494. The van der Waals surface area contributed by atoms with Crippen LogP contribution in [0, 0.1) is 5.41 Å². The van der Waals surface area contributed by atoms with Gasteiger partial charge in [0.15, 0.2) is 0 Å². The zero-order chi connectivity index (χ0) is 14.6. The fourth-order valence-electron chi connectivity index (χ4n) is 2.38. The van der Waals surface area contributed by atoms with E-state index in [0.29, 0.717) is 18.3 Å². The van der Waals surface area contributed by atoms with Crippen LogP contribution in [-0.4, -0.2) is 47.8 Å². The zero-order valence-corrected chi connectivity index (χ0v) is 13.0. The number of nitrogens with zero attached hydrogens (tertiary/aromatic N) is 3. The van der Waals surface area contributed by atoms with Crippen molar-refractivity contribution in [1.82, 2.24) is 20.4 Å². The minimum absolute atomic E-state index is 0.0494. The summed E-state index contributed by atoms with van der Waals surface area (Å²) in [6, 6.07) is 0. The normalized spacial score (nSPS) is 19.2. The zero-order valence-electron chi connectivity index (χ0n) is 13.0. The van der Waals surface area contributed by atoms with E-state index in [4.69, 9.17) is 9.26 Å². The standard InChI is InChI=1S/C14H26N4O2/c1-5-19-12(14(2,3)4)13-16-11(20-17-13)10-18-8-6-15-7-9-18/h12,15H,5-10H2,1-4H3. The molecule has 114 valence electrons. The molecule has 0 amide bonds. The molecule has 1 atom stereocenters. The number of rotatable bonds is 5. The van der Waals surface area contributed by atoms with Crippen LogP contribution in [0.25, 0.3) is 0 Å². The van der Waals surface area contributed by atoms with Crippen molar-refractivity contribution in [3.63, 3.8) is 0 Å². The Morgan fingerprint density at radius 3 is 2.65 bits per heavy atom. The Balaban J connectivity index is 2.02. The van der Waals surface area contributed by atoms with Gasteiger partial charge < -0.3 is 14.6 Å². The topological polar surface area (TPSA) is 63.4 Å². The number of hydrogen-bond donors (Lipinski definition) is 1. The fourth-order valence-corrected chi connectivity index (χ4v) is 2.38. The van der Waals surface area contributed by atoms with E-state index in [-0.39, 0.29) is 11.5 Å². The summed E-state index contributed by atoms with van der Waals surface area (Å²) in [5, 5.41) is 7.45. The van der Waals surface area contributed by atoms with Crippen molar-refractivity contribution in [3.05, 3.63) is 11.7 Å². The van der Waals surface area contributed by atoms with Crippen molar-refractivity contribution in [2.75, 3.05) is 32.8 Å². The van der Waals surface area contributed by atoms with Gasteiger partial charge in [-0.2, -0.15) is 4.98 Å². The molecule has 1 aliphatic heterocycles. The second kappa shape index (κ2) is 6.65. The molecule has 1 saturated heterocycles. The molecule has 1 fully saturated rings. The minimum Gasteiger partial charge on any atom is -0.370 e. The van der Waals surface area contributed by atoms with Crippen molar-refractivity contribution in [2.45, 2.75) is 40.3 Å². The Kier molecular flexibility index (Phi) is 5.12. The van der Waals surface area contributed by atoms with Crippen molar-refractivity contribution >= 4 is 0 Å². The smallest absolute Gasteiger partial charge is 0.240 e. The lowest BCUT2D eigenvalue weighted by Crippen LogP contribution is -2.42. The number of ether oxygens (including phenoxy) is 1. The molecule has 1 N–H and O–H groups in total. The lowest BCUT2D eigenvalue weighted by molar-refractivity contribution is -0.0203. The summed E-state index contributed by atoms with van der Waals surface area (Å²) in [5.74, 6) is 1.33. The largest absolute Gasteiger partial charge is 0.370 e. The monoisotopic (exact) mass is 282 g/mol. The predicted molar refractivity (Wildman–Crippen MR) is 76.3 cm³/mol. The molecule has 6 heteroatoms. The second-order valence-electron chi connectivity index (χ2n) is 6.27. The van der Waals surface area contributed by atoms with Crippen LogP contribution in [0.15, 0.2) is 4.52 Å². The molecule has 1 aromatic rings. The summed E-state index contributed by atoms with van der Waals surface area (Å²) in [4.78, 5) is 6.84. The van der Waals surface area contributed by atoms with Crippen LogP contribution in [0.4, 0.5) is 0 Å². The highest BCUT2D eigenvalue weighted by Gasteiger charge is 2.31. The first-order valence-corrected chi connectivity index (χ1v) is 7.38. The van der Waals surface area contributed by atoms with Crippen molar-refractivity contribution < 1.29 is 9.26 Å². The molecule has 1 aliphatic rings. The summed E-state index contributed by atoms with van der Waals surface area (Å²) < 4.78 is 11.2. The summed E-state index contributed by atoms with van der Waals surface area (Å²) in [6.07, 6.45) is -0.131. The van der Waals surface area contributed by atoms with Gasteiger partial charge in [0.1, 0.15) is 6.10 Å². The van der Waals surface area contributed by atoms with Gasteiger partial charge >= 0.3 is 0 Å². The SMILES string of the molecule is CCOC(c1noc(CN2CCNCC2)n1)C(C)(C)C. The van der Waals surface area contributed by atoms with Gasteiger partial charge in [0.25, 0.3) is 0 Å². The van der Waals surface area contributed by atoms with Gasteiger partial charge in [-0.05, 0) is 12.3 Å². The minimum atomic E-state index is -0.131. The number of nitrogens with one attached hydrogen (secondary N) is 1. The Morgan fingerprint density at radius 1 is 1.35 bits per heavy atom. The maximum absolute atomic E-state index is 5.79. The van der Waals surface area contributed by atoms with Crippen molar-refractivity contribution in [2.24, 2.45) is 5.41 Å². The summed E-state index contributed by atoms with van der Waals surface area (Å²) in [7, 11) is 0. The molecule has 0 saturated carbocycles. The Hall–Kier alpha value is -0.980. The van der Waals surface area contributed by atoms with Gasteiger partial charge in [0, 0.05) is 32.8 Å². The van der Waals surface area contributed by atoms with E-state index in [9.17, 15) is 0 Å². The van der Waals surface area contributed by atoms with Crippen LogP contribution >= 0.6 is 0 Å². The molecule has 2 heterocycles. The number of piperazine rings is 1. The lowest BCUT2D eigenvalue weighted by Gasteiger charge is -2.27. The third-order valence-electron chi connectivity index (χ3n) is 3.41. The fraction of sp³-hybridized carbons (Fsp3) is 0.857. The number of hydrogen-bond acceptors (Lipinski definition) is 6. The van der Waals surface area contributed by atoms with Crippen LogP contribution in [0.5, 0.6) is 0 Å². The van der Waals surface area contributed by atoms with Gasteiger partial charge in [-0.25, -0.2) is 0 Å². The average molecular weight is 282 g/mol. The Labute approximate surface area is 120 Å². The predicted octanol–water partition coefficient (Wildman–Crippen LogP) is 1.60. The van der Waals surface area contributed by atoms with Gasteiger partial charge in [-0.3, -0.25) is 4.90 Å². The van der Waals surface area contributed by atoms with Gasteiger partial charge in [-0.15, -0.1) is 0 Å². The van der Waals surface area contributed by atoms with Crippen molar-refractivity contribution in [1.29, 1.82) is 0 Å². The van der Waals surface area contributed by atoms with E-state index in [1.165, 1.54) is 0 Å². The third kappa shape index (κ3) is 4.01. The molecule has 0 radical (unpaired) electrons. The van der Waals surface area contributed by atoms with Crippen LogP contribution < -0.4 is 5.32 Å². The quantitative estimate of drug-likeness (QED) is 0.885. The Bertz CT molecular complexity index is 408. The maximum atomic E-state index is 5.79. The lowest BCUT2D eigenvalue weighted by atomic mass is 9.88. The molecular formula is C14H26N4O2. The first-order chi connectivity index (χ1) is 9.50. The maximum Gasteiger partial charge on any atom is 0.240 e. The molecule has 1 unspecified atom stereocenters. The second-order valence-corrected chi connectivity index (χ2v) is 6.27. The first-order valence-electron chi connectivity index (χ1n) is 7.38. The highest BCUT2D eigenvalue weighted by Crippen LogP contribution is 2.34.